The molecule has 92 valence electrons. The van der Waals surface area contributed by atoms with Crippen molar-refractivity contribution in [3.8, 4) is 0 Å². The second-order valence-electron chi connectivity index (χ2n) is 4.38. The zero-order valence-corrected chi connectivity index (χ0v) is 9.26. The predicted molar refractivity (Wildman–Crippen MR) is 60.2 cm³/mol. The van der Waals surface area contributed by atoms with Crippen molar-refractivity contribution in [1.29, 1.82) is 0 Å². The van der Waals surface area contributed by atoms with E-state index in [1.807, 2.05) is 0 Å². The fourth-order valence-corrected chi connectivity index (χ4v) is 2.32. The molecule has 1 heterocycles. The number of carbonyl (C=O) groups is 1. The lowest BCUT2D eigenvalue weighted by Gasteiger charge is -2.13. The molecule has 17 heavy (non-hydrogen) atoms. The number of aromatic nitrogens is 2. The third-order valence-electron chi connectivity index (χ3n) is 3.29. The molecule has 0 amide bonds. The first-order valence-electron chi connectivity index (χ1n) is 5.57. The minimum absolute atomic E-state index is 0.0444. The molecule has 1 aromatic heterocycles. The first-order chi connectivity index (χ1) is 8.15. The van der Waals surface area contributed by atoms with Crippen molar-refractivity contribution in [2.45, 2.75) is 25.3 Å². The van der Waals surface area contributed by atoms with Crippen molar-refractivity contribution >= 4 is 6.29 Å². The molecule has 0 saturated heterocycles. The van der Waals surface area contributed by atoms with Crippen molar-refractivity contribution in [2.24, 2.45) is 5.92 Å². The van der Waals surface area contributed by atoms with Gasteiger partial charge in [-0.3, -0.25) is 19.1 Å². The van der Waals surface area contributed by atoms with Crippen LogP contribution in [0, 0.1) is 5.92 Å². The Hall–Kier alpha value is -1.69. The standard InChI is InChI=1S/C11H14N2O4/c14-5-7-1-2-9(3-7)13-4-8(6-15)10(16)12-11(13)17/h4,6-7,9,14H,1-3,5H2,(H,12,16,17)/t7-,9+/m1/s1. The maximum atomic E-state index is 11.6. The number of hydrogen-bond donors (Lipinski definition) is 2. The van der Waals surface area contributed by atoms with Gasteiger partial charge in [-0.25, -0.2) is 4.79 Å². The molecule has 1 aliphatic carbocycles. The molecule has 1 saturated carbocycles. The SMILES string of the molecule is O=Cc1cn([C@H]2CC[C@@H](CO)C2)c(=O)[nH]c1=O. The van der Waals surface area contributed by atoms with Crippen LogP contribution in [0.5, 0.6) is 0 Å². The fourth-order valence-electron chi connectivity index (χ4n) is 2.32. The van der Waals surface area contributed by atoms with Crippen LogP contribution in [0.1, 0.15) is 35.7 Å². The Morgan fingerprint density at radius 1 is 1.47 bits per heavy atom. The average Bonchev–Trinajstić information content (AvgIpc) is 2.78. The average molecular weight is 238 g/mol. The first kappa shape index (κ1) is 11.8. The van der Waals surface area contributed by atoms with Crippen molar-refractivity contribution < 1.29 is 9.90 Å². The Balaban J connectivity index is 2.36. The monoisotopic (exact) mass is 238 g/mol. The molecule has 6 nitrogen and oxygen atoms in total. The van der Waals surface area contributed by atoms with Gasteiger partial charge < -0.3 is 5.11 Å². The Bertz CT molecular complexity index is 531. The quantitative estimate of drug-likeness (QED) is 0.706. The summed E-state index contributed by atoms with van der Waals surface area (Å²) >= 11 is 0. The van der Waals surface area contributed by atoms with E-state index in [0.29, 0.717) is 12.7 Å². The normalized spacial score (nSPS) is 23.8. The van der Waals surface area contributed by atoms with Crippen LogP contribution in [0.3, 0.4) is 0 Å². The number of aldehydes is 1. The van der Waals surface area contributed by atoms with Crippen LogP contribution in [0.4, 0.5) is 0 Å². The molecule has 0 unspecified atom stereocenters. The molecule has 1 aromatic rings. The van der Waals surface area contributed by atoms with Crippen molar-refractivity contribution in [1.82, 2.24) is 9.55 Å². The van der Waals surface area contributed by atoms with Crippen LogP contribution in [0.2, 0.25) is 0 Å². The van der Waals surface area contributed by atoms with E-state index < -0.39 is 11.2 Å². The largest absolute Gasteiger partial charge is 0.396 e. The van der Waals surface area contributed by atoms with Crippen LogP contribution in [-0.4, -0.2) is 27.6 Å². The maximum Gasteiger partial charge on any atom is 0.328 e. The fraction of sp³-hybridized carbons (Fsp3) is 0.545. The van der Waals surface area contributed by atoms with E-state index in [2.05, 4.69) is 4.98 Å². The summed E-state index contributed by atoms with van der Waals surface area (Å²) in [5.41, 5.74) is -1.20. The number of aromatic amines is 1. The summed E-state index contributed by atoms with van der Waals surface area (Å²) in [5, 5.41) is 9.04. The summed E-state index contributed by atoms with van der Waals surface area (Å²) in [6.07, 6.45) is 4.06. The summed E-state index contributed by atoms with van der Waals surface area (Å²) in [4.78, 5) is 35.6. The molecule has 1 aliphatic rings. The van der Waals surface area contributed by atoms with Gasteiger partial charge in [0.25, 0.3) is 5.56 Å². The highest BCUT2D eigenvalue weighted by Gasteiger charge is 2.26. The summed E-state index contributed by atoms with van der Waals surface area (Å²) < 4.78 is 1.39. The van der Waals surface area contributed by atoms with Gasteiger partial charge in [0.05, 0.1) is 5.56 Å². The maximum absolute atomic E-state index is 11.6. The van der Waals surface area contributed by atoms with Gasteiger partial charge in [0.15, 0.2) is 6.29 Å². The molecular formula is C11H14N2O4. The third-order valence-corrected chi connectivity index (χ3v) is 3.29. The molecule has 6 heteroatoms. The molecule has 2 atom stereocenters. The van der Waals surface area contributed by atoms with Gasteiger partial charge in [0.2, 0.25) is 0 Å². The van der Waals surface area contributed by atoms with Crippen LogP contribution in [0.25, 0.3) is 0 Å². The minimum atomic E-state index is -0.655. The Labute approximate surface area is 96.9 Å². The molecule has 0 spiro atoms. The lowest BCUT2D eigenvalue weighted by atomic mass is 10.1. The number of aliphatic hydroxyl groups excluding tert-OH is 1. The minimum Gasteiger partial charge on any atom is -0.396 e. The molecule has 0 aromatic carbocycles. The molecule has 0 aliphatic heterocycles. The second-order valence-corrected chi connectivity index (χ2v) is 4.38. The van der Waals surface area contributed by atoms with Crippen LogP contribution < -0.4 is 11.2 Å². The predicted octanol–water partition coefficient (Wildman–Crippen LogP) is -0.317. The third kappa shape index (κ3) is 2.21. The van der Waals surface area contributed by atoms with E-state index in [-0.39, 0.29) is 24.1 Å². The molecular weight excluding hydrogens is 224 g/mol. The van der Waals surface area contributed by atoms with E-state index in [4.69, 9.17) is 5.11 Å². The van der Waals surface area contributed by atoms with Gasteiger partial charge in [-0.05, 0) is 25.2 Å². The second kappa shape index (κ2) is 4.67. The molecule has 2 rings (SSSR count). The van der Waals surface area contributed by atoms with Gasteiger partial charge in [0.1, 0.15) is 0 Å². The number of aliphatic hydroxyl groups is 1. The number of carbonyl (C=O) groups excluding carboxylic acids is 1. The smallest absolute Gasteiger partial charge is 0.328 e. The highest BCUT2D eigenvalue weighted by atomic mass is 16.3. The van der Waals surface area contributed by atoms with E-state index >= 15 is 0 Å². The van der Waals surface area contributed by atoms with E-state index in [9.17, 15) is 14.4 Å². The number of H-pyrrole nitrogens is 1. The highest BCUT2D eigenvalue weighted by Crippen LogP contribution is 2.32. The van der Waals surface area contributed by atoms with Crippen LogP contribution in [-0.2, 0) is 0 Å². The van der Waals surface area contributed by atoms with E-state index in [0.717, 1.165) is 12.8 Å². The summed E-state index contributed by atoms with van der Waals surface area (Å²) in [6.45, 7) is 0.106. The van der Waals surface area contributed by atoms with E-state index in [1.54, 1.807) is 0 Å². The lowest BCUT2D eigenvalue weighted by Crippen LogP contribution is -2.33. The Morgan fingerprint density at radius 2 is 2.24 bits per heavy atom. The first-order valence-corrected chi connectivity index (χ1v) is 5.57. The topological polar surface area (TPSA) is 92.2 Å². The van der Waals surface area contributed by atoms with Crippen molar-refractivity contribution in [2.75, 3.05) is 6.61 Å². The van der Waals surface area contributed by atoms with Crippen molar-refractivity contribution in [3.05, 3.63) is 32.6 Å². The van der Waals surface area contributed by atoms with E-state index in [1.165, 1.54) is 10.8 Å². The van der Waals surface area contributed by atoms with Gasteiger partial charge in [-0.15, -0.1) is 0 Å². The summed E-state index contributed by atoms with van der Waals surface area (Å²) in [6, 6.07) is -0.0461. The Kier molecular flexibility index (Phi) is 3.23. The molecule has 2 N–H and O–H groups in total. The van der Waals surface area contributed by atoms with Gasteiger partial charge in [0, 0.05) is 18.8 Å². The molecule has 1 fully saturated rings. The van der Waals surface area contributed by atoms with Gasteiger partial charge in [-0.1, -0.05) is 0 Å². The number of rotatable bonds is 3. The zero-order valence-electron chi connectivity index (χ0n) is 9.26. The molecule has 0 radical (unpaired) electrons. The summed E-state index contributed by atoms with van der Waals surface area (Å²) in [7, 11) is 0. The van der Waals surface area contributed by atoms with Crippen LogP contribution in [0.15, 0.2) is 15.8 Å². The number of nitrogens with one attached hydrogen (secondary N) is 1. The van der Waals surface area contributed by atoms with Crippen LogP contribution >= 0.6 is 0 Å². The van der Waals surface area contributed by atoms with Gasteiger partial charge in [-0.2, -0.15) is 0 Å². The summed E-state index contributed by atoms with van der Waals surface area (Å²) in [5.74, 6) is 0.193. The van der Waals surface area contributed by atoms with Crippen molar-refractivity contribution in [3.63, 3.8) is 0 Å². The van der Waals surface area contributed by atoms with Gasteiger partial charge >= 0.3 is 5.69 Å². The number of hydrogen-bond acceptors (Lipinski definition) is 4. The molecule has 0 bridgehead atoms. The zero-order chi connectivity index (χ0) is 12.4. The number of nitrogens with zero attached hydrogens (tertiary/aromatic N) is 1. The highest BCUT2D eigenvalue weighted by molar-refractivity contribution is 5.73. The Morgan fingerprint density at radius 3 is 2.82 bits per heavy atom. The lowest BCUT2D eigenvalue weighted by molar-refractivity contribution is 0.112.